The minimum absolute atomic E-state index is 0.161. The average molecular weight is 568 g/mol. The highest BCUT2D eigenvalue weighted by Crippen LogP contribution is 2.26. The van der Waals surface area contributed by atoms with Crippen LogP contribution in [-0.2, 0) is 32.6 Å². The topological polar surface area (TPSA) is 86.8 Å². The molecule has 4 rings (SSSR count). The van der Waals surface area contributed by atoms with E-state index in [4.69, 9.17) is 11.6 Å². The van der Waals surface area contributed by atoms with Crippen molar-refractivity contribution in [3.05, 3.63) is 101 Å². The quantitative estimate of drug-likeness (QED) is 0.355. The molecule has 3 aromatic rings. The highest BCUT2D eigenvalue weighted by Gasteiger charge is 2.31. The molecule has 1 aliphatic rings. The number of halogens is 1. The molecule has 0 aliphatic carbocycles. The predicted molar refractivity (Wildman–Crippen MR) is 153 cm³/mol. The molecule has 0 bridgehead atoms. The van der Waals surface area contributed by atoms with Crippen molar-refractivity contribution < 1.29 is 18.0 Å². The van der Waals surface area contributed by atoms with Gasteiger partial charge in [-0.05, 0) is 67.1 Å². The van der Waals surface area contributed by atoms with Gasteiger partial charge in [-0.15, -0.1) is 0 Å². The number of sulfonamides is 1. The zero-order chi connectivity index (χ0) is 27.8. The molecule has 1 N–H and O–H groups in total. The van der Waals surface area contributed by atoms with Crippen LogP contribution in [-0.4, -0.2) is 49.1 Å². The number of amides is 2. The highest BCUT2D eigenvalue weighted by molar-refractivity contribution is 7.89. The van der Waals surface area contributed by atoms with Crippen molar-refractivity contribution in [1.82, 2.24) is 14.5 Å². The number of carbonyl (C=O) groups excluding carboxylic acids is 2. The Balaban J connectivity index is 1.55. The van der Waals surface area contributed by atoms with Gasteiger partial charge in [0.1, 0.15) is 6.04 Å². The normalized spacial score (nSPS) is 14.6. The Morgan fingerprint density at radius 1 is 0.923 bits per heavy atom. The van der Waals surface area contributed by atoms with Gasteiger partial charge in [0.25, 0.3) is 0 Å². The van der Waals surface area contributed by atoms with Gasteiger partial charge < -0.3 is 10.2 Å². The van der Waals surface area contributed by atoms with Gasteiger partial charge in [-0.25, -0.2) is 8.42 Å². The van der Waals surface area contributed by atoms with Crippen molar-refractivity contribution in [2.24, 2.45) is 0 Å². The van der Waals surface area contributed by atoms with E-state index in [9.17, 15) is 18.0 Å². The summed E-state index contributed by atoms with van der Waals surface area (Å²) in [6.07, 6.45) is 2.34. The van der Waals surface area contributed by atoms with E-state index >= 15 is 0 Å². The molecular weight excluding hydrogens is 534 g/mol. The number of aryl methyl sites for hydroxylation is 1. The average Bonchev–Trinajstić information content (AvgIpc) is 3.50. The maximum absolute atomic E-state index is 13.7. The van der Waals surface area contributed by atoms with Gasteiger partial charge in [0, 0.05) is 37.6 Å². The Kier molecular flexibility index (Phi) is 9.78. The molecule has 1 heterocycles. The lowest BCUT2D eigenvalue weighted by molar-refractivity contribution is -0.141. The second-order valence-electron chi connectivity index (χ2n) is 9.61. The van der Waals surface area contributed by atoms with E-state index in [1.807, 2.05) is 49.4 Å². The monoisotopic (exact) mass is 567 g/mol. The lowest BCUT2D eigenvalue weighted by atomic mass is 10.0. The largest absolute Gasteiger partial charge is 0.354 e. The Morgan fingerprint density at radius 2 is 1.54 bits per heavy atom. The maximum Gasteiger partial charge on any atom is 0.247 e. The van der Waals surface area contributed by atoms with Gasteiger partial charge in [0.15, 0.2) is 0 Å². The van der Waals surface area contributed by atoms with E-state index in [2.05, 4.69) is 5.32 Å². The van der Waals surface area contributed by atoms with Crippen LogP contribution in [0.15, 0.2) is 83.8 Å². The number of rotatable bonds is 11. The Hall–Kier alpha value is -3.20. The molecule has 1 aliphatic heterocycles. The van der Waals surface area contributed by atoms with E-state index in [0.29, 0.717) is 31.1 Å². The third-order valence-electron chi connectivity index (χ3n) is 6.87. The Labute approximate surface area is 235 Å². The number of nitrogens with one attached hydrogen (secondary N) is 1. The summed E-state index contributed by atoms with van der Waals surface area (Å²) in [5, 5.41) is 3.47. The lowest BCUT2D eigenvalue weighted by Gasteiger charge is -2.31. The van der Waals surface area contributed by atoms with Gasteiger partial charge in [0.2, 0.25) is 21.8 Å². The summed E-state index contributed by atoms with van der Waals surface area (Å²) in [6.45, 7) is 3.63. The first-order valence-corrected chi connectivity index (χ1v) is 15.1. The van der Waals surface area contributed by atoms with Gasteiger partial charge in [0.05, 0.1) is 4.90 Å². The van der Waals surface area contributed by atoms with E-state index in [1.165, 1.54) is 4.31 Å². The molecule has 9 heteroatoms. The second-order valence-corrected chi connectivity index (χ2v) is 12.0. The summed E-state index contributed by atoms with van der Waals surface area (Å²) in [4.78, 5) is 28.9. The lowest BCUT2D eigenvalue weighted by Crippen LogP contribution is -2.43. The van der Waals surface area contributed by atoms with Crippen LogP contribution in [0.25, 0.3) is 0 Å². The van der Waals surface area contributed by atoms with Crippen LogP contribution in [0.3, 0.4) is 0 Å². The first kappa shape index (κ1) is 28.8. The number of carbonyl (C=O) groups is 2. The third-order valence-corrected chi connectivity index (χ3v) is 9.03. The fraction of sp³-hybridized carbons (Fsp3) is 0.333. The van der Waals surface area contributed by atoms with Crippen LogP contribution in [0.4, 0.5) is 0 Å². The summed E-state index contributed by atoms with van der Waals surface area (Å²) in [7, 11) is -3.49. The molecule has 2 amide bonds. The first-order valence-electron chi connectivity index (χ1n) is 13.2. The molecule has 0 radical (unpaired) electrons. The fourth-order valence-corrected chi connectivity index (χ4v) is 6.43. The van der Waals surface area contributed by atoms with Crippen LogP contribution in [0.2, 0.25) is 5.02 Å². The van der Waals surface area contributed by atoms with Crippen molar-refractivity contribution in [2.75, 3.05) is 19.6 Å². The molecule has 0 spiro atoms. The molecule has 1 fully saturated rings. The van der Waals surface area contributed by atoms with Crippen molar-refractivity contribution in [2.45, 2.75) is 50.1 Å². The first-order chi connectivity index (χ1) is 18.8. The molecule has 1 atom stereocenters. The van der Waals surface area contributed by atoms with Gasteiger partial charge in [-0.3, -0.25) is 9.59 Å². The number of nitrogens with zero attached hydrogens (tertiary/aromatic N) is 2. The molecule has 3 aromatic carbocycles. The van der Waals surface area contributed by atoms with Gasteiger partial charge in [-0.1, -0.05) is 66.2 Å². The molecule has 0 saturated carbocycles. The predicted octanol–water partition coefficient (Wildman–Crippen LogP) is 4.96. The van der Waals surface area contributed by atoms with Crippen LogP contribution >= 0.6 is 11.6 Å². The second kappa shape index (κ2) is 13.2. The van der Waals surface area contributed by atoms with E-state index in [1.54, 1.807) is 41.3 Å². The van der Waals surface area contributed by atoms with Crippen LogP contribution in [0.1, 0.15) is 48.9 Å². The minimum Gasteiger partial charge on any atom is -0.354 e. The minimum atomic E-state index is -3.49. The number of benzene rings is 3. The molecule has 1 saturated heterocycles. The Morgan fingerprint density at radius 3 is 2.15 bits per heavy atom. The van der Waals surface area contributed by atoms with E-state index < -0.39 is 16.1 Å². The number of likely N-dealkylation sites (N-methyl/N-ethyl adjacent to an activating group) is 1. The third kappa shape index (κ3) is 7.26. The van der Waals surface area contributed by atoms with Crippen molar-refractivity contribution >= 4 is 33.4 Å². The standard InChI is InChI=1S/C30H34ClN3O4S/c1-2-32-30(36)29(25-8-4-3-5-9-25)34(22-24-10-15-26(31)16-11-24)28(35)19-14-23-12-17-27(18-13-23)39(37,38)33-20-6-7-21-33/h3-5,8-13,15-18,29H,2,6-7,14,19-22H2,1H3,(H,32,36). The van der Waals surface area contributed by atoms with Crippen molar-refractivity contribution in [3.8, 4) is 0 Å². The SMILES string of the molecule is CCNC(=O)C(c1ccccc1)N(Cc1ccc(Cl)cc1)C(=O)CCc1ccc(S(=O)(=O)N2CCCC2)cc1. The highest BCUT2D eigenvalue weighted by atomic mass is 35.5. The van der Waals surface area contributed by atoms with Crippen molar-refractivity contribution in [1.29, 1.82) is 0 Å². The zero-order valence-corrected chi connectivity index (χ0v) is 23.6. The summed E-state index contributed by atoms with van der Waals surface area (Å²) in [5.41, 5.74) is 2.43. The summed E-state index contributed by atoms with van der Waals surface area (Å²) < 4.78 is 27.2. The number of hydrogen-bond donors (Lipinski definition) is 1. The van der Waals surface area contributed by atoms with E-state index in [-0.39, 0.29) is 29.7 Å². The van der Waals surface area contributed by atoms with Crippen LogP contribution in [0, 0.1) is 0 Å². The Bertz CT molecular complexity index is 1360. The van der Waals surface area contributed by atoms with Gasteiger partial charge in [-0.2, -0.15) is 4.31 Å². The molecule has 7 nitrogen and oxygen atoms in total. The fourth-order valence-electron chi connectivity index (χ4n) is 4.79. The number of hydrogen-bond acceptors (Lipinski definition) is 4. The summed E-state index contributed by atoms with van der Waals surface area (Å²) >= 11 is 6.07. The molecule has 0 aromatic heterocycles. The van der Waals surface area contributed by atoms with Crippen LogP contribution in [0.5, 0.6) is 0 Å². The molecular formula is C30H34ClN3O4S. The van der Waals surface area contributed by atoms with Crippen molar-refractivity contribution in [3.63, 3.8) is 0 Å². The zero-order valence-electron chi connectivity index (χ0n) is 22.1. The molecule has 39 heavy (non-hydrogen) atoms. The summed E-state index contributed by atoms with van der Waals surface area (Å²) in [6, 6.07) is 22.4. The summed E-state index contributed by atoms with van der Waals surface area (Å²) in [5.74, 6) is -0.429. The van der Waals surface area contributed by atoms with Gasteiger partial charge >= 0.3 is 0 Å². The van der Waals surface area contributed by atoms with Crippen LogP contribution < -0.4 is 5.32 Å². The smallest absolute Gasteiger partial charge is 0.247 e. The maximum atomic E-state index is 13.7. The van der Waals surface area contributed by atoms with E-state index in [0.717, 1.165) is 29.5 Å². The molecule has 1 unspecified atom stereocenters. The molecule has 206 valence electrons.